The monoisotopic (exact) mass is 442 g/mol. The summed E-state index contributed by atoms with van der Waals surface area (Å²) in [6.07, 6.45) is 0. The minimum absolute atomic E-state index is 0.00770. The van der Waals surface area contributed by atoms with Crippen molar-refractivity contribution < 1.29 is 18.0 Å². The largest absolute Gasteiger partial charge is 0.343 e. The highest BCUT2D eigenvalue weighted by Gasteiger charge is 2.28. The smallest absolute Gasteiger partial charge is 0.339 e. The zero-order chi connectivity index (χ0) is 22.2. The number of nitrogens with zero attached hydrogens (tertiary/aromatic N) is 4. The molecule has 3 aromatic rings. The topological polar surface area (TPSA) is 102 Å². The van der Waals surface area contributed by atoms with E-state index in [0.717, 1.165) is 3.97 Å². The molecular formula is C21H22N4O5S. The molecule has 1 fully saturated rings. The Morgan fingerprint density at radius 1 is 0.839 bits per heavy atom. The molecule has 31 heavy (non-hydrogen) atoms. The number of imidazole rings is 1. The summed E-state index contributed by atoms with van der Waals surface area (Å²) in [5, 5.41) is 0. The van der Waals surface area contributed by atoms with Crippen LogP contribution in [0.1, 0.15) is 6.92 Å². The van der Waals surface area contributed by atoms with Crippen LogP contribution in [0.4, 0.5) is 0 Å². The van der Waals surface area contributed by atoms with Crippen molar-refractivity contribution >= 4 is 32.9 Å². The molecule has 1 saturated heterocycles. The third-order valence-electron chi connectivity index (χ3n) is 5.45. The van der Waals surface area contributed by atoms with Crippen molar-refractivity contribution in [2.45, 2.75) is 18.4 Å². The van der Waals surface area contributed by atoms with Crippen LogP contribution in [0.3, 0.4) is 0 Å². The number of hydrogen-bond acceptors (Lipinski definition) is 5. The quantitative estimate of drug-likeness (QED) is 0.593. The number of benzene rings is 2. The fraction of sp³-hybridized carbons (Fsp3) is 0.286. The van der Waals surface area contributed by atoms with Crippen molar-refractivity contribution in [3.63, 3.8) is 0 Å². The van der Waals surface area contributed by atoms with Crippen LogP contribution < -0.4 is 5.69 Å². The van der Waals surface area contributed by atoms with E-state index in [1.54, 1.807) is 52.3 Å². The molecule has 4 rings (SSSR count). The molecule has 1 aliphatic rings. The summed E-state index contributed by atoms with van der Waals surface area (Å²) in [6, 6.07) is 14.2. The fourth-order valence-corrected chi connectivity index (χ4v) is 5.20. The first kappa shape index (κ1) is 20.9. The van der Waals surface area contributed by atoms with Crippen LogP contribution in [0, 0.1) is 0 Å². The van der Waals surface area contributed by atoms with Crippen molar-refractivity contribution in [3.8, 4) is 0 Å². The van der Waals surface area contributed by atoms with Crippen LogP contribution in [0.15, 0.2) is 64.3 Å². The van der Waals surface area contributed by atoms with Gasteiger partial charge in [-0.05, 0) is 24.3 Å². The van der Waals surface area contributed by atoms with Gasteiger partial charge in [0.25, 0.3) is 10.0 Å². The molecule has 9 nitrogen and oxygen atoms in total. The highest BCUT2D eigenvalue weighted by atomic mass is 32.2. The molecule has 0 spiro atoms. The van der Waals surface area contributed by atoms with Crippen LogP contribution in [0.25, 0.3) is 11.0 Å². The van der Waals surface area contributed by atoms with Gasteiger partial charge in [0.05, 0.1) is 15.9 Å². The van der Waals surface area contributed by atoms with Gasteiger partial charge in [0, 0.05) is 33.1 Å². The highest BCUT2D eigenvalue weighted by Crippen LogP contribution is 2.20. The lowest BCUT2D eigenvalue weighted by Crippen LogP contribution is -2.51. The van der Waals surface area contributed by atoms with E-state index in [9.17, 15) is 22.8 Å². The Morgan fingerprint density at radius 3 is 2.00 bits per heavy atom. The van der Waals surface area contributed by atoms with Gasteiger partial charge in [-0.15, -0.1) is 0 Å². The summed E-state index contributed by atoms with van der Waals surface area (Å²) in [5.74, 6) is -0.345. The summed E-state index contributed by atoms with van der Waals surface area (Å²) in [6.45, 7) is 2.80. The molecule has 2 heterocycles. The molecule has 2 aromatic carbocycles. The average Bonchev–Trinajstić information content (AvgIpc) is 3.06. The SMILES string of the molecule is CC(=O)N1CCN(C(=O)Cn2c(=O)n(S(=O)(=O)c3ccccc3)c3ccccc32)CC1. The minimum atomic E-state index is -4.14. The first-order valence-corrected chi connectivity index (χ1v) is 11.3. The Balaban J connectivity index is 1.71. The van der Waals surface area contributed by atoms with Gasteiger partial charge >= 0.3 is 5.69 Å². The Labute approximate surface area is 179 Å². The normalized spacial score (nSPS) is 14.7. The first-order valence-electron chi connectivity index (χ1n) is 9.85. The molecule has 1 aliphatic heterocycles. The van der Waals surface area contributed by atoms with E-state index in [1.165, 1.54) is 23.6 Å². The molecular weight excluding hydrogens is 420 g/mol. The zero-order valence-electron chi connectivity index (χ0n) is 17.0. The molecule has 0 N–H and O–H groups in total. The van der Waals surface area contributed by atoms with Gasteiger partial charge in [0.1, 0.15) is 6.54 Å². The van der Waals surface area contributed by atoms with Crippen molar-refractivity contribution in [1.82, 2.24) is 18.3 Å². The summed E-state index contributed by atoms with van der Waals surface area (Å²) >= 11 is 0. The van der Waals surface area contributed by atoms with E-state index in [2.05, 4.69) is 0 Å². The van der Waals surface area contributed by atoms with Gasteiger partial charge in [-0.1, -0.05) is 30.3 Å². The van der Waals surface area contributed by atoms with Crippen LogP contribution in [0.5, 0.6) is 0 Å². The third-order valence-corrected chi connectivity index (χ3v) is 7.15. The number of aromatic nitrogens is 2. The van der Waals surface area contributed by atoms with E-state index < -0.39 is 15.7 Å². The van der Waals surface area contributed by atoms with Crippen molar-refractivity contribution in [1.29, 1.82) is 0 Å². The highest BCUT2D eigenvalue weighted by molar-refractivity contribution is 7.90. The molecule has 1 aromatic heterocycles. The zero-order valence-corrected chi connectivity index (χ0v) is 17.8. The van der Waals surface area contributed by atoms with E-state index >= 15 is 0 Å². The summed E-state index contributed by atoms with van der Waals surface area (Å²) in [7, 11) is -4.14. The van der Waals surface area contributed by atoms with Crippen molar-refractivity contribution in [3.05, 3.63) is 65.1 Å². The van der Waals surface area contributed by atoms with Crippen molar-refractivity contribution in [2.24, 2.45) is 0 Å². The Bertz CT molecular complexity index is 1300. The van der Waals surface area contributed by atoms with Gasteiger partial charge in [-0.25, -0.2) is 13.2 Å². The maximum absolute atomic E-state index is 13.2. The van der Waals surface area contributed by atoms with Crippen LogP contribution in [-0.4, -0.2) is 64.8 Å². The van der Waals surface area contributed by atoms with Gasteiger partial charge in [-0.2, -0.15) is 3.97 Å². The lowest BCUT2D eigenvalue weighted by Gasteiger charge is -2.34. The second-order valence-corrected chi connectivity index (χ2v) is 9.11. The fourth-order valence-electron chi connectivity index (χ4n) is 3.77. The van der Waals surface area contributed by atoms with E-state index in [0.29, 0.717) is 31.7 Å². The molecule has 0 unspecified atom stereocenters. The third kappa shape index (κ3) is 3.74. The number of carbonyl (C=O) groups is 2. The molecule has 0 bridgehead atoms. The Hall–Kier alpha value is -3.40. The van der Waals surface area contributed by atoms with Gasteiger partial charge in [-0.3, -0.25) is 14.2 Å². The first-order chi connectivity index (χ1) is 14.8. The Morgan fingerprint density at radius 2 is 1.39 bits per heavy atom. The summed E-state index contributed by atoms with van der Waals surface area (Å²) < 4.78 is 28.3. The second-order valence-electron chi connectivity index (χ2n) is 7.33. The lowest BCUT2D eigenvalue weighted by molar-refractivity contribution is -0.138. The van der Waals surface area contributed by atoms with Crippen molar-refractivity contribution in [2.75, 3.05) is 26.2 Å². The number of fused-ring (bicyclic) bond motifs is 1. The molecule has 0 saturated carbocycles. The Kier molecular flexibility index (Phi) is 5.40. The lowest BCUT2D eigenvalue weighted by atomic mass is 10.3. The molecule has 0 radical (unpaired) electrons. The van der Waals surface area contributed by atoms with E-state index in [4.69, 9.17) is 0 Å². The predicted octanol–water partition coefficient (Wildman–Crippen LogP) is 0.731. The molecule has 10 heteroatoms. The number of amides is 2. The van der Waals surface area contributed by atoms with Crippen LogP contribution >= 0.6 is 0 Å². The maximum Gasteiger partial charge on any atom is 0.343 e. The number of hydrogen-bond donors (Lipinski definition) is 0. The van der Waals surface area contributed by atoms with Gasteiger partial charge in [0.2, 0.25) is 11.8 Å². The summed E-state index contributed by atoms with van der Waals surface area (Å²) in [4.78, 5) is 40.8. The predicted molar refractivity (Wildman–Crippen MR) is 114 cm³/mol. The van der Waals surface area contributed by atoms with E-state index in [1.807, 2.05) is 0 Å². The van der Waals surface area contributed by atoms with Crippen LogP contribution in [-0.2, 0) is 26.2 Å². The van der Waals surface area contributed by atoms with Crippen LogP contribution in [0.2, 0.25) is 0 Å². The summed E-state index contributed by atoms with van der Waals surface area (Å²) in [5.41, 5.74) is -0.214. The van der Waals surface area contributed by atoms with Gasteiger partial charge < -0.3 is 9.80 Å². The number of para-hydroxylation sites is 2. The molecule has 0 atom stereocenters. The molecule has 162 valence electrons. The van der Waals surface area contributed by atoms with Gasteiger partial charge in [0.15, 0.2) is 0 Å². The standard InChI is InChI=1S/C21H22N4O5S/c1-16(26)22-11-13-23(14-12-22)20(27)15-24-18-9-5-6-10-19(18)25(21(24)28)31(29,30)17-7-3-2-4-8-17/h2-10H,11-15H2,1H3. The molecule has 0 aliphatic carbocycles. The minimum Gasteiger partial charge on any atom is -0.339 e. The maximum atomic E-state index is 13.2. The second kappa shape index (κ2) is 8.03. The number of piperazine rings is 1. The molecule has 2 amide bonds. The average molecular weight is 442 g/mol. The number of rotatable bonds is 4. The number of carbonyl (C=O) groups excluding carboxylic acids is 2. The van der Waals surface area contributed by atoms with E-state index in [-0.39, 0.29) is 28.8 Å².